The molecule has 0 spiro atoms. The van der Waals surface area contributed by atoms with Crippen LogP contribution >= 0.6 is 0 Å². The van der Waals surface area contributed by atoms with Gasteiger partial charge in [-0.2, -0.15) is 5.26 Å². The molecule has 4 nitrogen and oxygen atoms in total. The van der Waals surface area contributed by atoms with Gasteiger partial charge in [-0.05, 0) is 42.0 Å². The molecule has 0 heterocycles. The number of rotatable bonds is 6. The highest BCUT2D eigenvalue weighted by molar-refractivity contribution is 6.07. The molecule has 0 radical (unpaired) electrons. The third kappa shape index (κ3) is 4.73. The van der Waals surface area contributed by atoms with E-state index in [0.717, 1.165) is 27.9 Å². The number of hydrogen-bond acceptors (Lipinski definition) is 3. The largest absolute Gasteiger partial charge is 0.386 e. The van der Waals surface area contributed by atoms with E-state index in [1.165, 1.54) is 6.20 Å². The molecule has 4 heteroatoms. The van der Waals surface area contributed by atoms with E-state index in [4.69, 9.17) is 0 Å². The summed E-state index contributed by atoms with van der Waals surface area (Å²) in [4.78, 5) is 12.5. The van der Waals surface area contributed by atoms with Crippen LogP contribution in [0.1, 0.15) is 42.0 Å². The Hall–Kier alpha value is -3.06. The molecule has 26 heavy (non-hydrogen) atoms. The summed E-state index contributed by atoms with van der Waals surface area (Å²) in [5.74, 6) is -0.125. The van der Waals surface area contributed by atoms with Crippen LogP contribution in [0.3, 0.4) is 0 Å². The molecule has 0 aliphatic rings. The van der Waals surface area contributed by atoms with Gasteiger partial charge in [0.05, 0.1) is 0 Å². The van der Waals surface area contributed by atoms with Crippen LogP contribution in [0.15, 0.2) is 54.2 Å². The lowest BCUT2D eigenvalue weighted by molar-refractivity contribution is -0.112. The van der Waals surface area contributed by atoms with Crippen molar-refractivity contribution >= 4 is 11.6 Å². The smallest absolute Gasteiger partial charge is 0.267 e. The van der Waals surface area contributed by atoms with E-state index in [1.807, 2.05) is 62.4 Å². The normalized spacial score (nSPS) is 11.2. The second-order valence-corrected chi connectivity index (χ2v) is 6.63. The van der Waals surface area contributed by atoms with Gasteiger partial charge in [-0.3, -0.25) is 4.79 Å². The Labute approximate surface area is 155 Å². The summed E-state index contributed by atoms with van der Waals surface area (Å²) in [6, 6.07) is 15.9. The Bertz CT molecular complexity index is 860. The van der Waals surface area contributed by atoms with Gasteiger partial charge in [-0.25, -0.2) is 0 Å². The van der Waals surface area contributed by atoms with Crippen LogP contribution in [0, 0.1) is 25.2 Å². The summed E-state index contributed by atoms with van der Waals surface area (Å²) < 4.78 is 0. The van der Waals surface area contributed by atoms with Crippen molar-refractivity contribution in [1.29, 1.82) is 5.26 Å². The summed E-state index contributed by atoms with van der Waals surface area (Å²) in [5.41, 5.74) is 5.17. The molecular formula is C22H25N3O. The Balaban J connectivity index is 2.12. The molecule has 1 amide bonds. The van der Waals surface area contributed by atoms with Crippen LogP contribution in [0.5, 0.6) is 0 Å². The lowest BCUT2D eigenvalue weighted by Crippen LogP contribution is -2.18. The highest BCUT2D eigenvalue weighted by atomic mass is 16.1. The Morgan fingerprint density at radius 3 is 2.46 bits per heavy atom. The summed E-state index contributed by atoms with van der Waals surface area (Å²) in [6.07, 6.45) is 1.48. The Morgan fingerprint density at radius 2 is 1.81 bits per heavy atom. The minimum absolute atomic E-state index is 0.0524. The van der Waals surface area contributed by atoms with Crippen LogP contribution in [0.25, 0.3) is 0 Å². The first-order valence-corrected chi connectivity index (χ1v) is 8.73. The van der Waals surface area contributed by atoms with Crippen LogP contribution in [0.4, 0.5) is 5.69 Å². The standard InChI is InChI=1S/C22H25N3O/c1-15(2)20-11-7-9-17(4)21(20)25-22(26)19(12-23)14-24-13-18-10-6-5-8-16(18)3/h5-11,14-15,24H,13H2,1-4H3,(H,25,26)/b19-14-. The van der Waals surface area contributed by atoms with Crippen molar-refractivity contribution in [3.8, 4) is 6.07 Å². The number of nitrogens with one attached hydrogen (secondary N) is 2. The van der Waals surface area contributed by atoms with Crippen molar-refractivity contribution in [2.45, 2.75) is 40.2 Å². The van der Waals surface area contributed by atoms with Gasteiger partial charge >= 0.3 is 0 Å². The number of anilines is 1. The molecule has 2 N–H and O–H groups in total. The number of benzene rings is 2. The van der Waals surface area contributed by atoms with Gasteiger partial charge in [0.1, 0.15) is 11.6 Å². The average Bonchev–Trinajstić information content (AvgIpc) is 2.61. The molecule has 0 fully saturated rings. The van der Waals surface area contributed by atoms with E-state index < -0.39 is 5.91 Å². The molecule has 134 valence electrons. The van der Waals surface area contributed by atoms with E-state index in [0.29, 0.717) is 6.54 Å². The predicted octanol–water partition coefficient (Wildman–Crippen LogP) is 4.56. The summed E-state index contributed by atoms with van der Waals surface area (Å²) >= 11 is 0. The van der Waals surface area contributed by atoms with Crippen molar-refractivity contribution < 1.29 is 4.79 Å². The SMILES string of the molecule is Cc1ccccc1CN/C=C(/C#N)C(=O)Nc1c(C)cccc1C(C)C. The summed E-state index contributed by atoms with van der Waals surface area (Å²) in [7, 11) is 0. The molecule has 2 aromatic rings. The first kappa shape index (κ1) is 19.3. The molecule has 2 rings (SSSR count). The maximum Gasteiger partial charge on any atom is 0.267 e. The molecule has 0 aliphatic heterocycles. The number of carbonyl (C=O) groups is 1. The van der Waals surface area contributed by atoms with Crippen LogP contribution < -0.4 is 10.6 Å². The van der Waals surface area contributed by atoms with E-state index >= 15 is 0 Å². The van der Waals surface area contributed by atoms with Gasteiger partial charge in [0.15, 0.2) is 0 Å². The molecule has 0 bridgehead atoms. The number of amides is 1. The van der Waals surface area contributed by atoms with Crippen molar-refractivity contribution in [2.75, 3.05) is 5.32 Å². The second-order valence-electron chi connectivity index (χ2n) is 6.63. The number of carbonyl (C=O) groups excluding carboxylic acids is 1. The molecule has 0 aromatic heterocycles. The number of para-hydroxylation sites is 1. The van der Waals surface area contributed by atoms with Crippen molar-refractivity contribution in [1.82, 2.24) is 5.32 Å². The fourth-order valence-corrected chi connectivity index (χ4v) is 2.74. The number of nitriles is 1. The third-order valence-corrected chi connectivity index (χ3v) is 4.33. The molecule has 0 atom stereocenters. The van der Waals surface area contributed by atoms with Gasteiger partial charge in [-0.1, -0.05) is 56.3 Å². The summed E-state index contributed by atoms with van der Waals surface area (Å²) in [5, 5.41) is 15.3. The zero-order valence-electron chi connectivity index (χ0n) is 15.8. The number of hydrogen-bond donors (Lipinski definition) is 2. The van der Waals surface area contributed by atoms with Crippen LogP contribution in [-0.4, -0.2) is 5.91 Å². The Morgan fingerprint density at radius 1 is 1.12 bits per heavy atom. The minimum Gasteiger partial charge on any atom is -0.386 e. The number of nitrogens with zero attached hydrogens (tertiary/aromatic N) is 1. The molecule has 0 aliphatic carbocycles. The third-order valence-electron chi connectivity index (χ3n) is 4.33. The van der Waals surface area contributed by atoms with E-state index in [1.54, 1.807) is 0 Å². The van der Waals surface area contributed by atoms with Crippen molar-refractivity contribution in [3.05, 3.63) is 76.5 Å². The predicted molar refractivity (Wildman–Crippen MR) is 106 cm³/mol. The topological polar surface area (TPSA) is 64.9 Å². The Kier molecular flexibility index (Phi) is 6.57. The molecule has 0 saturated heterocycles. The monoisotopic (exact) mass is 347 g/mol. The van der Waals surface area contributed by atoms with E-state index in [2.05, 4.69) is 24.5 Å². The van der Waals surface area contributed by atoms with Crippen LogP contribution in [0.2, 0.25) is 0 Å². The molecule has 0 unspecified atom stereocenters. The van der Waals surface area contributed by atoms with E-state index in [-0.39, 0.29) is 11.5 Å². The fourth-order valence-electron chi connectivity index (χ4n) is 2.74. The van der Waals surface area contributed by atoms with Crippen molar-refractivity contribution in [2.24, 2.45) is 0 Å². The first-order chi connectivity index (χ1) is 12.4. The molecular weight excluding hydrogens is 322 g/mol. The minimum atomic E-state index is -0.402. The lowest BCUT2D eigenvalue weighted by atomic mass is 9.98. The second kappa shape index (κ2) is 8.87. The molecule has 2 aromatic carbocycles. The first-order valence-electron chi connectivity index (χ1n) is 8.73. The molecule has 0 saturated carbocycles. The van der Waals surface area contributed by atoms with E-state index in [9.17, 15) is 10.1 Å². The zero-order chi connectivity index (χ0) is 19.1. The maximum absolute atomic E-state index is 12.5. The van der Waals surface area contributed by atoms with Gasteiger partial charge in [0, 0.05) is 18.4 Å². The van der Waals surface area contributed by atoms with Gasteiger partial charge in [0.2, 0.25) is 0 Å². The quantitative estimate of drug-likeness (QED) is 0.594. The summed E-state index contributed by atoms with van der Waals surface area (Å²) in [6.45, 7) is 8.70. The van der Waals surface area contributed by atoms with Gasteiger partial charge in [0.25, 0.3) is 5.91 Å². The highest BCUT2D eigenvalue weighted by Gasteiger charge is 2.15. The average molecular weight is 347 g/mol. The van der Waals surface area contributed by atoms with Gasteiger partial charge < -0.3 is 10.6 Å². The zero-order valence-corrected chi connectivity index (χ0v) is 15.8. The fraction of sp³-hybridized carbons (Fsp3) is 0.273. The van der Waals surface area contributed by atoms with Crippen LogP contribution in [-0.2, 0) is 11.3 Å². The van der Waals surface area contributed by atoms with Gasteiger partial charge in [-0.15, -0.1) is 0 Å². The highest BCUT2D eigenvalue weighted by Crippen LogP contribution is 2.27. The van der Waals surface area contributed by atoms with Crippen molar-refractivity contribution in [3.63, 3.8) is 0 Å². The lowest BCUT2D eigenvalue weighted by Gasteiger charge is -2.16. The number of aryl methyl sites for hydroxylation is 2. The maximum atomic E-state index is 12.5.